The molecule has 0 heterocycles. The molecule has 1 aromatic rings. The molecule has 1 atom stereocenters. The molecule has 0 aliphatic heterocycles. The van der Waals surface area contributed by atoms with Gasteiger partial charge in [-0.2, -0.15) is 0 Å². The van der Waals surface area contributed by atoms with Crippen LogP contribution in [0, 0.1) is 0 Å². The van der Waals surface area contributed by atoms with Crippen LogP contribution >= 0.6 is 0 Å². The second kappa shape index (κ2) is 10.3. The van der Waals surface area contributed by atoms with Crippen LogP contribution in [-0.4, -0.2) is 50.3 Å². The largest absolute Gasteiger partial charge is 0.494 e. The summed E-state index contributed by atoms with van der Waals surface area (Å²) in [6.07, 6.45) is 2.50. The first-order valence-corrected chi connectivity index (χ1v) is 8.74. The number of rotatable bonds is 11. The van der Waals surface area contributed by atoms with Gasteiger partial charge in [-0.1, -0.05) is 13.8 Å². The van der Waals surface area contributed by atoms with Crippen LogP contribution in [0.5, 0.6) is 5.75 Å². The van der Waals surface area contributed by atoms with Gasteiger partial charge in [-0.15, -0.1) is 0 Å². The van der Waals surface area contributed by atoms with Crippen molar-refractivity contribution in [1.82, 2.24) is 4.90 Å². The molecule has 1 amide bonds. The molecule has 0 fully saturated rings. The summed E-state index contributed by atoms with van der Waals surface area (Å²) in [6.45, 7) is 8.09. The molecule has 1 unspecified atom stereocenters. The SMILES string of the molecule is CCCOC(C)(CC)C(=O)Nc1ccc(OCCCN(C)C)cc1. The monoisotopic (exact) mass is 336 g/mol. The second-order valence-electron chi connectivity index (χ2n) is 6.42. The summed E-state index contributed by atoms with van der Waals surface area (Å²) in [7, 11) is 4.09. The molecular weight excluding hydrogens is 304 g/mol. The minimum Gasteiger partial charge on any atom is -0.494 e. The van der Waals surface area contributed by atoms with Crippen molar-refractivity contribution >= 4 is 11.6 Å². The fourth-order valence-corrected chi connectivity index (χ4v) is 2.12. The Hall–Kier alpha value is -1.59. The van der Waals surface area contributed by atoms with Gasteiger partial charge in [-0.25, -0.2) is 0 Å². The molecule has 1 rings (SSSR count). The summed E-state index contributed by atoms with van der Waals surface area (Å²) in [4.78, 5) is 14.6. The van der Waals surface area contributed by atoms with Crippen LogP contribution in [0.4, 0.5) is 5.69 Å². The van der Waals surface area contributed by atoms with E-state index in [1.165, 1.54) is 0 Å². The Labute approximate surface area is 146 Å². The van der Waals surface area contributed by atoms with Gasteiger partial charge in [0.2, 0.25) is 0 Å². The number of carbonyl (C=O) groups excluding carboxylic acids is 1. The lowest BCUT2D eigenvalue weighted by atomic mass is 10.0. The van der Waals surface area contributed by atoms with E-state index < -0.39 is 5.60 Å². The van der Waals surface area contributed by atoms with Gasteiger partial charge in [0.25, 0.3) is 5.91 Å². The van der Waals surface area contributed by atoms with Gasteiger partial charge in [0.05, 0.1) is 6.61 Å². The average Bonchev–Trinajstić information content (AvgIpc) is 2.57. The molecular formula is C19H32N2O3. The summed E-state index contributed by atoms with van der Waals surface area (Å²) in [5, 5.41) is 2.93. The van der Waals surface area contributed by atoms with E-state index in [0.717, 1.165) is 30.8 Å². The van der Waals surface area contributed by atoms with E-state index in [0.29, 0.717) is 19.6 Å². The lowest BCUT2D eigenvalue weighted by Crippen LogP contribution is -2.42. The van der Waals surface area contributed by atoms with Crippen molar-refractivity contribution in [2.45, 2.75) is 45.6 Å². The fourth-order valence-electron chi connectivity index (χ4n) is 2.12. The fraction of sp³-hybridized carbons (Fsp3) is 0.632. The maximum atomic E-state index is 12.5. The van der Waals surface area contributed by atoms with Crippen LogP contribution < -0.4 is 10.1 Å². The van der Waals surface area contributed by atoms with Crippen LogP contribution in [-0.2, 0) is 9.53 Å². The second-order valence-corrected chi connectivity index (χ2v) is 6.42. The van der Waals surface area contributed by atoms with Crippen LogP contribution in [0.15, 0.2) is 24.3 Å². The highest BCUT2D eigenvalue weighted by molar-refractivity contribution is 5.97. The Kier molecular flexibility index (Phi) is 8.79. The minimum atomic E-state index is -0.794. The van der Waals surface area contributed by atoms with Gasteiger partial charge in [0.15, 0.2) is 0 Å². The normalized spacial score (nSPS) is 13.6. The molecule has 0 bridgehead atoms. The number of ether oxygens (including phenoxy) is 2. The summed E-state index contributed by atoms with van der Waals surface area (Å²) in [5.74, 6) is 0.699. The molecule has 0 spiro atoms. The molecule has 0 saturated heterocycles. The van der Waals surface area contributed by atoms with Crippen LogP contribution in [0.2, 0.25) is 0 Å². The molecule has 1 aromatic carbocycles. The van der Waals surface area contributed by atoms with E-state index in [1.54, 1.807) is 0 Å². The molecule has 0 aliphatic rings. The zero-order valence-electron chi connectivity index (χ0n) is 15.7. The molecule has 24 heavy (non-hydrogen) atoms. The number of amides is 1. The van der Waals surface area contributed by atoms with Crippen LogP contribution in [0.1, 0.15) is 40.0 Å². The lowest BCUT2D eigenvalue weighted by Gasteiger charge is -2.27. The number of hydrogen-bond acceptors (Lipinski definition) is 4. The van der Waals surface area contributed by atoms with E-state index >= 15 is 0 Å². The van der Waals surface area contributed by atoms with E-state index in [-0.39, 0.29) is 5.91 Å². The third kappa shape index (κ3) is 6.89. The van der Waals surface area contributed by atoms with Crippen molar-refractivity contribution in [2.24, 2.45) is 0 Å². The number of carbonyl (C=O) groups is 1. The van der Waals surface area contributed by atoms with E-state index in [1.807, 2.05) is 59.1 Å². The Morgan fingerprint density at radius 1 is 1.17 bits per heavy atom. The minimum absolute atomic E-state index is 0.113. The average molecular weight is 336 g/mol. The van der Waals surface area contributed by atoms with Crippen molar-refractivity contribution in [1.29, 1.82) is 0 Å². The van der Waals surface area contributed by atoms with Gasteiger partial charge in [0, 0.05) is 18.8 Å². The van der Waals surface area contributed by atoms with E-state index in [9.17, 15) is 4.79 Å². The Morgan fingerprint density at radius 3 is 2.38 bits per heavy atom. The highest BCUT2D eigenvalue weighted by Gasteiger charge is 2.32. The summed E-state index contributed by atoms with van der Waals surface area (Å²) in [6, 6.07) is 7.47. The van der Waals surface area contributed by atoms with Gasteiger partial charge >= 0.3 is 0 Å². The molecule has 5 nitrogen and oxygen atoms in total. The van der Waals surface area contributed by atoms with Crippen LogP contribution in [0.3, 0.4) is 0 Å². The maximum Gasteiger partial charge on any atom is 0.256 e. The molecule has 1 N–H and O–H groups in total. The van der Waals surface area contributed by atoms with Crippen molar-refractivity contribution in [3.8, 4) is 5.75 Å². The van der Waals surface area contributed by atoms with Gasteiger partial charge in [-0.3, -0.25) is 4.79 Å². The first-order chi connectivity index (χ1) is 11.4. The highest BCUT2D eigenvalue weighted by atomic mass is 16.5. The predicted octanol–water partition coefficient (Wildman–Crippen LogP) is 3.55. The first-order valence-electron chi connectivity index (χ1n) is 8.74. The standard InChI is InChI=1S/C19H32N2O3/c1-6-14-24-19(3,7-2)18(22)20-16-9-11-17(12-10-16)23-15-8-13-21(4)5/h9-12H,6-8,13-15H2,1-5H3,(H,20,22). The summed E-state index contributed by atoms with van der Waals surface area (Å²) >= 11 is 0. The molecule has 0 saturated carbocycles. The number of benzene rings is 1. The lowest BCUT2D eigenvalue weighted by molar-refractivity contribution is -0.139. The third-order valence-corrected chi connectivity index (χ3v) is 3.91. The maximum absolute atomic E-state index is 12.5. The zero-order chi connectivity index (χ0) is 18.0. The summed E-state index contributed by atoms with van der Waals surface area (Å²) < 4.78 is 11.4. The molecule has 136 valence electrons. The topological polar surface area (TPSA) is 50.8 Å². The van der Waals surface area contributed by atoms with Gasteiger partial charge < -0.3 is 19.7 Å². The molecule has 0 aromatic heterocycles. The number of nitrogens with zero attached hydrogens (tertiary/aromatic N) is 1. The Bertz CT molecular complexity index is 488. The Morgan fingerprint density at radius 2 is 1.83 bits per heavy atom. The van der Waals surface area contributed by atoms with Gasteiger partial charge in [-0.05, 0) is 64.5 Å². The smallest absolute Gasteiger partial charge is 0.256 e. The molecule has 0 aliphatic carbocycles. The van der Waals surface area contributed by atoms with Crippen molar-refractivity contribution in [3.05, 3.63) is 24.3 Å². The summed E-state index contributed by atoms with van der Waals surface area (Å²) in [5.41, 5.74) is -0.0439. The highest BCUT2D eigenvalue weighted by Crippen LogP contribution is 2.21. The number of nitrogens with one attached hydrogen (secondary N) is 1. The molecule has 5 heteroatoms. The quantitative estimate of drug-likeness (QED) is 0.628. The third-order valence-electron chi connectivity index (χ3n) is 3.91. The number of hydrogen-bond donors (Lipinski definition) is 1. The van der Waals surface area contributed by atoms with Crippen LogP contribution in [0.25, 0.3) is 0 Å². The van der Waals surface area contributed by atoms with Crippen molar-refractivity contribution < 1.29 is 14.3 Å². The van der Waals surface area contributed by atoms with E-state index in [2.05, 4.69) is 10.2 Å². The molecule has 0 radical (unpaired) electrons. The number of anilines is 1. The van der Waals surface area contributed by atoms with Crippen molar-refractivity contribution in [2.75, 3.05) is 39.2 Å². The van der Waals surface area contributed by atoms with E-state index in [4.69, 9.17) is 9.47 Å². The van der Waals surface area contributed by atoms with Crippen molar-refractivity contribution in [3.63, 3.8) is 0 Å². The Balaban J connectivity index is 2.52. The van der Waals surface area contributed by atoms with Gasteiger partial charge in [0.1, 0.15) is 11.4 Å². The predicted molar refractivity (Wildman–Crippen MR) is 98.7 cm³/mol. The first kappa shape index (κ1) is 20.5. The zero-order valence-corrected chi connectivity index (χ0v) is 15.7.